The highest BCUT2D eigenvalue weighted by molar-refractivity contribution is 5.75. The van der Waals surface area contributed by atoms with E-state index in [0.717, 1.165) is 17.1 Å². The Kier molecular flexibility index (Phi) is 4.80. The molecule has 0 aliphatic rings. The average Bonchev–Trinajstić information content (AvgIpc) is 3.14. The van der Waals surface area contributed by atoms with Gasteiger partial charge in [0.05, 0.1) is 17.1 Å². The molecule has 0 amide bonds. The fraction of sp³-hybridized carbons (Fsp3) is 0.143. The number of aliphatic imine (C=N–C) groups is 1. The Morgan fingerprint density at radius 2 is 1.64 bits per heavy atom. The third-order valence-electron chi connectivity index (χ3n) is 4.21. The summed E-state index contributed by atoms with van der Waals surface area (Å²) in [5, 5.41) is 4.69. The lowest BCUT2D eigenvalue weighted by atomic mass is 9.86. The van der Waals surface area contributed by atoms with Gasteiger partial charge in [-0.25, -0.2) is 4.68 Å². The molecule has 126 valence electrons. The SMILES string of the molecule is CC(C)(C(N)=CC=Nc1ccccc1)c1ccn(-c2ccccc2)n1. The second-order valence-electron chi connectivity index (χ2n) is 6.34. The van der Waals surface area contributed by atoms with Gasteiger partial charge in [0.2, 0.25) is 0 Å². The number of rotatable bonds is 5. The Hall–Kier alpha value is -3.14. The predicted octanol–water partition coefficient (Wildman–Crippen LogP) is 4.40. The Morgan fingerprint density at radius 1 is 1.00 bits per heavy atom. The third-order valence-corrected chi connectivity index (χ3v) is 4.21. The molecule has 0 aliphatic carbocycles. The first-order chi connectivity index (χ1) is 12.1. The van der Waals surface area contributed by atoms with Crippen molar-refractivity contribution in [2.75, 3.05) is 0 Å². The summed E-state index contributed by atoms with van der Waals surface area (Å²) in [6.07, 6.45) is 5.53. The lowest BCUT2D eigenvalue weighted by molar-refractivity contribution is 0.584. The van der Waals surface area contributed by atoms with E-state index >= 15 is 0 Å². The molecule has 0 saturated heterocycles. The highest BCUT2D eigenvalue weighted by atomic mass is 15.3. The smallest absolute Gasteiger partial charge is 0.0743 e. The fourth-order valence-corrected chi connectivity index (χ4v) is 2.46. The average molecular weight is 330 g/mol. The number of hydrogen-bond acceptors (Lipinski definition) is 3. The molecule has 0 atom stereocenters. The molecule has 1 aromatic heterocycles. The molecule has 4 heteroatoms. The van der Waals surface area contributed by atoms with E-state index in [1.54, 1.807) is 6.21 Å². The van der Waals surface area contributed by atoms with Gasteiger partial charge in [0.1, 0.15) is 0 Å². The van der Waals surface area contributed by atoms with Crippen LogP contribution in [0.25, 0.3) is 5.69 Å². The van der Waals surface area contributed by atoms with Crippen molar-refractivity contribution in [2.24, 2.45) is 10.7 Å². The van der Waals surface area contributed by atoms with Crippen LogP contribution in [0, 0.1) is 0 Å². The molecule has 0 unspecified atom stereocenters. The van der Waals surface area contributed by atoms with Crippen molar-refractivity contribution >= 4 is 11.9 Å². The Morgan fingerprint density at radius 3 is 2.32 bits per heavy atom. The van der Waals surface area contributed by atoms with E-state index in [9.17, 15) is 0 Å². The highest BCUT2D eigenvalue weighted by Crippen LogP contribution is 2.27. The van der Waals surface area contributed by atoms with Gasteiger partial charge in [-0.15, -0.1) is 0 Å². The van der Waals surface area contributed by atoms with Gasteiger partial charge in [-0.1, -0.05) is 36.4 Å². The lowest BCUT2D eigenvalue weighted by Gasteiger charge is -2.22. The van der Waals surface area contributed by atoms with Crippen LogP contribution in [0.1, 0.15) is 19.5 Å². The molecule has 3 rings (SSSR count). The monoisotopic (exact) mass is 330 g/mol. The number of nitrogens with zero attached hydrogens (tertiary/aromatic N) is 3. The molecule has 0 radical (unpaired) electrons. The minimum absolute atomic E-state index is 0.386. The topological polar surface area (TPSA) is 56.2 Å². The summed E-state index contributed by atoms with van der Waals surface area (Å²) in [5.41, 5.74) is 9.48. The summed E-state index contributed by atoms with van der Waals surface area (Å²) < 4.78 is 1.86. The molecule has 0 spiro atoms. The summed E-state index contributed by atoms with van der Waals surface area (Å²) in [7, 11) is 0. The minimum Gasteiger partial charge on any atom is -0.401 e. The molecule has 0 saturated carbocycles. The van der Waals surface area contributed by atoms with E-state index < -0.39 is 0 Å². The molecule has 0 aliphatic heterocycles. The number of aromatic nitrogens is 2. The quantitative estimate of drug-likeness (QED) is 0.705. The zero-order valence-corrected chi connectivity index (χ0v) is 14.5. The lowest BCUT2D eigenvalue weighted by Crippen LogP contribution is -2.26. The van der Waals surface area contributed by atoms with Crippen molar-refractivity contribution in [3.63, 3.8) is 0 Å². The number of para-hydroxylation sites is 2. The van der Waals surface area contributed by atoms with Crippen molar-refractivity contribution in [1.29, 1.82) is 0 Å². The van der Waals surface area contributed by atoms with Gasteiger partial charge in [-0.2, -0.15) is 5.10 Å². The first kappa shape index (κ1) is 16.7. The van der Waals surface area contributed by atoms with Gasteiger partial charge >= 0.3 is 0 Å². The Labute approximate surface area is 148 Å². The van der Waals surface area contributed by atoms with Gasteiger partial charge < -0.3 is 5.73 Å². The highest BCUT2D eigenvalue weighted by Gasteiger charge is 2.26. The predicted molar refractivity (Wildman–Crippen MR) is 103 cm³/mol. The van der Waals surface area contributed by atoms with Crippen LogP contribution >= 0.6 is 0 Å². The number of hydrogen-bond donors (Lipinski definition) is 1. The molecule has 25 heavy (non-hydrogen) atoms. The zero-order valence-electron chi connectivity index (χ0n) is 14.5. The molecule has 2 N–H and O–H groups in total. The van der Waals surface area contributed by atoms with Crippen molar-refractivity contribution in [2.45, 2.75) is 19.3 Å². The second-order valence-corrected chi connectivity index (χ2v) is 6.34. The number of allylic oxidation sites excluding steroid dienone is 2. The van der Waals surface area contributed by atoms with Crippen LogP contribution in [0.4, 0.5) is 5.69 Å². The first-order valence-corrected chi connectivity index (χ1v) is 8.24. The summed E-state index contributed by atoms with van der Waals surface area (Å²) in [5.74, 6) is 0. The van der Waals surface area contributed by atoms with Crippen molar-refractivity contribution in [1.82, 2.24) is 9.78 Å². The zero-order chi connectivity index (χ0) is 17.7. The first-order valence-electron chi connectivity index (χ1n) is 8.24. The third kappa shape index (κ3) is 3.86. The Bertz CT molecular complexity index is 875. The maximum atomic E-state index is 6.32. The maximum absolute atomic E-state index is 6.32. The molecule has 3 aromatic rings. The normalized spacial score (nSPS) is 12.6. The summed E-state index contributed by atoms with van der Waals surface area (Å²) in [6, 6.07) is 21.8. The molecule has 2 aromatic carbocycles. The van der Waals surface area contributed by atoms with Crippen LogP contribution in [0.15, 0.2) is 89.7 Å². The van der Waals surface area contributed by atoms with Crippen LogP contribution in [0.5, 0.6) is 0 Å². The summed E-state index contributed by atoms with van der Waals surface area (Å²) >= 11 is 0. The minimum atomic E-state index is -0.386. The van der Waals surface area contributed by atoms with E-state index in [4.69, 9.17) is 10.8 Å². The van der Waals surface area contributed by atoms with Crippen molar-refractivity contribution in [3.8, 4) is 5.69 Å². The fourth-order valence-electron chi connectivity index (χ4n) is 2.46. The van der Waals surface area contributed by atoms with Crippen molar-refractivity contribution < 1.29 is 0 Å². The van der Waals surface area contributed by atoms with Crippen LogP contribution in [-0.4, -0.2) is 16.0 Å². The molecule has 1 heterocycles. The van der Waals surface area contributed by atoms with Gasteiger partial charge in [-0.05, 0) is 50.3 Å². The number of benzene rings is 2. The molecule has 0 bridgehead atoms. The van der Waals surface area contributed by atoms with Crippen LogP contribution in [0.2, 0.25) is 0 Å². The van der Waals surface area contributed by atoms with Crippen LogP contribution in [0.3, 0.4) is 0 Å². The van der Waals surface area contributed by atoms with E-state index in [0.29, 0.717) is 5.70 Å². The molecule has 0 fully saturated rings. The van der Waals surface area contributed by atoms with Crippen LogP contribution < -0.4 is 5.73 Å². The summed E-state index contributed by atoms with van der Waals surface area (Å²) in [6.45, 7) is 4.12. The van der Waals surface area contributed by atoms with E-state index in [1.807, 2.05) is 83.7 Å². The van der Waals surface area contributed by atoms with E-state index in [2.05, 4.69) is 18.8 Å². The molecular formula is C21H22N4. The van der Waals surface area contributed by atoms with Crippen molar-refractivity contribution in [3.05, 3.63) is 90.4 Å². The maximum Gasteiger partial charge on any atom is 0.0743 e. The van der Waals surface area contributed by atoms with Crippen LogP contribution in [-0.2, 0) is 5.41 Å². The number of nitrogens with two attached hydrogens (primary N) is 1. The van der Waals surface area contributed by atoms with Gasteiger partial charge in [0, 0.05) is 23.5 Å². The van der Waals surface area contributed by atoms with Gasteiger partial charge in [0.15, 0.2) is 0 Å². The molecule has 4 nitrogen and oxygen atoms in total. The standard InChI is InChI=1S/C21H22N4/c1-21(2,19(22)13-15-23-17-9-5-3-6-10-17)20-14-16-25(24-20)18-11-7-4-8-12-18/h3-16H,22H2,1-2H3. The van der Waals surface area contributed by atoms with E-state index in [-0.39, 0.29) is 5.41 Å². The molecular weight excluding hydrogens is 308 g/mol. The van der Waals surface area contributed by atoms with E-state index in [1.165, 1.54) is 0 Å². The second kappa shape index (κ2) is 7.18. The Balaban J connectivity index is 1.80. The van der Waals surface area contributed by atoms with Gasteiger partial charge in [-0.3, -0.25) is 4.99 Å². The summed E-state index contributed by atoms with van der Waals surface area (Å²) in [4.78, 5) is 4.40. The largest absolute Gasteiger partial charge is 0.401 e. The van der Waals surface area contributed by atoms with Gasteiger partial charge in [0.25, 0.3) is 0 Å².